The van der Waals surface area contributed by atoms with Crippen molar-refractivity contribution in [1.29, 1.82) is 5.26 Å². The molecule has 0 aliphatic rings. The van der Waals surface area contributed by atoms with Crippen LogP contribution in [0.4, 0.5) is 0 Å². The molecule has 13 nitrogen and oxygen atoms in total. The molecule has 0 aromatic heterocycles. The molecular formula is C23H22N2O11S3. The third-order valence-electron chi connectivity index (χ3n) is 4.74. The van der Waals surface area contributed by atoms with Gasteiger partial charge in [0.1, 0.15) is 16.4 Å². The summed E-state index contributed by atoms with van der Waals surface area (Å²) in [6.07, 6.45) is -0.971. The highest BCUT2D eigenvalue weighted by Gasteiger charge is 2.47. The van der Waals surface area contributed by atoms with E-state index < -0.39 is 41.9 Å². The van der Waals surface area contributed by atoms with Crippen LogP contribution in [0.3, 0.4) is 0 Å². The number of nitriles is 1. The molecule has 0 spiro atoms. The second-order valence-electron chi connectivity index (χ2n) is 7.34. The Hall–Kier alpha value is -3.88. The summed E-state index contributed by atoms with van der Waals surface area (Å²) in [6.45, 7) is 1.56. The van der Waals surface area contributed by atoms with Gasteiger partial charge in [-0.15, -0.1) is 4.31 Å². The van der Waals surface area contributed by atoms with Gasteiger partial charge < -0.3 is 23.7 Å². The van der Waals surface area contributed by atoms with Crippen molar-refractivity contribution in [3.05, 3.63) is 66.7 Å². The molecule has 39 heavy (non-hydrogen) atoms. The van der Waals surface area contributed by atoms with Crippen LogP contribution in [0.25, 0.3) is 0 Å². The van der Waals surface area contributed by atoms with Gasteiger partial charge in [0.15, 0.2) is 17.7 Å². The van der Waals surface area contributed by atoms with Gasteiger partial charge in [-0.3, -0.25) is 9.11 Å². The summed E-state index contributed by atoms with van der Waals surface area (Å²) < 4.78 is 95.2. The fourth-order valence-corrected chi connectivity index (χ4v) is 4.45. The minimum absolute atomic E-state index is 0.0196. The Morgan fingerprint density at radius 2 is 1.54 bits per heavy atom. The Morgan fingerprint density at radius 3 is 2.10 bits per heavy atom. The van der Waals surface area contributed by atoms with Gasteiger partial charge in [0, 0.05) is 6.07 Å². The van der Waals surface area contributed by atoms with Gasteiger partial charge in [-0.2, -0.15) is 22.1 Å². The molecule has 16 heteroatoms. The van der Waals surface area contributed by atoms with Crippen LogP contribution in [-0.4, -0.2) is 50.1 Å². The number of rotatable bonds is 12. The zero-order valence-corrected chi connectivity index (χ0v) is 22.8. The SMILES string of the molecule is CCOc1c(OC(Oc2ccccc2)(Oc2cccc(S(=O)(=O)O)c2)N(S)C#N)ccc(S(=O)(=O)O)c1OC. The predicted octanol–water partition coefficient (Wildman–Crippen LogP) is 3.36. The van der Waals surface area contributed by atoms with Crippen molar-refractivity contribution >= 4 is 33.1 Å². The van der Waals surface area contributed by atoms with Crippen molar-refractivity contribution in [1.82, 2.24) is 4.31 Å². The van der Waals surface area contributed by atoms with Crippen molar-refractivity contribution in [2.24, 2.45) is 0 Å². The van der Waals surface area contributed by atoms with Crippen LogP contribution >= 0.6 is 12.8 Å². The molecule has 1 atom stereocenters. The molecule has 1 unspecified atom stereocenters. The Balaban J connectivity index is 2.26. The number of hydrogen-bond acceptors (Lipinski definition) is 12. The Bertz CT molecular complexity index is 1580. The number of nitrogens with zero attached hydrogens (tertiary/aromatic N) is 2. The van der Waals surface area contributed by atoms with Crippen molar-refractivity contribution in [2.75, 3.05) is 13.7 Å². The summed E-state index contributed by atoms with van der Waals surface area (Å²) in [4.78, 5) is -1.18. The summed E-state index contributed by atoms with van der Waals surface area (Å²) in [7, 11) is -8.28. The molecule has 2 N–H and O–H groups in total. The lowest BCUT2D eigenvalue weighted by molar-refractivity contribution is -0.299. The number of ether oxygens (including phenoxy) is 5. The van der Waals surface area contributed by atoms with E-state index >= 15 is 0 Å². The largest absolute Gasteiger partial charge is 0.539 e. The molecular weight excluding hydrogens is 576 g/mol. The monoisotopic (exact) mass is 598 g/mol. The smallest absolute Gasteiger partial charge is 0.491 e. The molecule has 0 amide bonds. The van der Waals surface area contributed by atoms with Crippen LogP contribution in [0, 0.1) is 11.5 Å². The number of para-hydroxylation sites is 1. The summed E-state index contributed by atoms with van der Waals surface area (Å²) in [5.74, 6) is -1.20. The number of methoxy groups -OCH3 is 1. The van der Waals surface area contributed by atoms with E-state index in [1.54, 1.807) is 31.3 Å². The van der Waals surface area contributed by atoms with Crippen molar-refractivity contribution in [3.8, 4) is 34.9 Å². The predicted molar refractivity (Wildman–Crippen MR) is 138 cm³/mol. The van der Waals surface area contributed by atoms with Crippen molar-refractivity contribution in [3.63, 3.8) is 0 Å². The molecule has 3 aromatic carbocycles. The van der Waals surface area contributed by atoms with E-state index in [-0.39, 0.29) is 29.6 Å². The summed E-state index contributed by atoms with van der Waals surface area (Å²) >= 11 is 4.11. The summed E-state index contributed by atoms with van der Waals surface area (Å²) in [5.41, 5.74) is 0. The topological polar surface area (TPSA) is 182 Å². The fourth-order valence-electron chi connectivity index (χ4n) is 3.16. The highest BCUT2D eigenvalue weighted by Crippen LogP contribution is 2.44. The molecule has 3 aromatic rings. The maximum absolute atomic E-state index is 11.9. The first-order valence-electron chi connectivity index (χ1n) is 10.7. The second kappa shape index (κ2) is 11.9. The fraction of sp³-hybridized carbons (Fsp3) is 0.174. The van der Waals surface area contributed by atoms with E-state index in [1.807, 2.05) is 0 Å². The van der Waals surface area contributed by atoms with Gasteiger partial charge in [0.05, 0.1) is 18.6 Å². The van der Waals surface area contributed by atoms with Crippen LogP contribution in [0.15, 0.2) is 76.5 Å². The minimum Gasteiger partial charge on any atom is -0.491 e. The van der Waals surface area contributed by atoms with E-state index in [1.165, 1.54) is 24.3 Å². The van der Waals surface area contributed by atoms with Crippen LogP contribution in [0.1, 0.15) is 6.92 Å². The molecule has 0 bridgehead atoms. The zero-order chi connectivity index (χ0) is 28.8. The molecule has 3 rings (SSSR count). The average Bonchev–Trinajstić information content (AvgIpc) is 2.88. The molecule has 0 aliphatic heterocycles. The lowest BCUT2D eigenvalue weighted by Crippen LogP contribution is -2.57. The van der Waals surface area contributed by atoms with E-state index in [0.29, 0.717) is 4.31 Å². The van der Waals surface area contributed by atoms with Crippen LogP contribution in [0.2, 0.25) is 0 Å². The van der Waals surface area contributed by atoms with Gasteiger partial charge in [-0.1, -0.05) is 24.3 Å². The van der Waals surface area contributed by atoms with Crippen molar-refractivity contribution < 1.29 is 49.6 Å². The quantitative estimate of drug-likeness (QED) is 0.0908. The first-order chi connectivity index (χ1) is 18.3. The third kappa shape index (κ3) is 6.96. The Labute approximate surface area is 230 Å². The van der Waals surface area contributed by atoms with Gasteiger partial charge in [-0.05, 0) is 56.1 Å². The van der Waals surface area contributed by atoms with Crippen LogP contribution in [-0.2, 0) is 20.2 Å². The normalized spacial score (nSPS) is 12.9. The molecule has 0 radical (unpaired) electrons. The molecule has 0 fully saturated rings. The van der Waals surface area contributed by atoms with E-state index in [0.717, 1.165) is 31.4 Å². The second-order valence-corrected chi connectivity index (χ2v) is 10.5. The Kier molecular flexibility index (Phi) is 9.04. The number of thiol groups is 1. The summed E-state index contributed by atoms with van der Waals surface area (Å²) in [5, 5.41) is 9.77. The first-order valence-corrected chi connectivity index (χ1v) is 14.0. The van der Waals surface area contributed by atoms with E-state index in [9.17, 15) is 31.2 Å². The van der Waals surface area contributed by atoms with E-state index in [4.69, 9.17) is 23.7 Å². The van der Waals surface area contributed by atoms with Gasteiger partial charge in [0.2, 0.25) is 5.75 Å². The Morgan fingerprint density at radius 1 is 0.897 bits per heavy atom. The maximum atomic E-state index is 11.9. The zero-order valence-electron chi connectivity index (χ0n) is 20.3. The van der Waals surface area contributed by atoms with Crippen LogP contribution in [0.5, 0.6) is 28.7 Å². The molecule has 0 heterocycles. The minimum atomic E-state index is -4.77. The van der Waals surface area contributed by atoms with Gasteiger partial charge >= 0.3 is 6.10 Å². The summed E-state index contributed by atoms with van der Waals surface area (Å²) in [6, 6.07) is 14.5. The first kappa shape index (κ1) is 29.7. The number of hydrogen-bond donors (Lipinski definition) is 3. The lowest BCUT2D eigenvalue weighted by Gasteiger charge is -2.36. The van der Waals surface area contributed by atoms with Crippen LogP contribution < -0.4 is 23.7 Å². The lowest BCUT2D eigenvalue weighted by atomic mass is 10.3. The van der Waals surface area contributed by atoms with Gasteiger partial charge in [-0.25, -0.2) is 0 Å². The standard InChI is InChI=1S/C23H22N2O11S3/c1-3-33-21-19(12-13-20(22(21)32-2)39(29,30)31)36-23(25(37)15-24,34-16-8-5-4-6-9-16)35-17-10-7-11-18(14-17)38(26,27)28/h4-14,37H,3H2,1-2H3,(H,26,27,28)(H,29,30,31). The highest BCUT2D eigenvalue weighted by molar-refractivity contribution is 7.86. The van der Waals surface area contributed by atoms with E-state index in [2.05, 4.69) is 12.8 Å². The third-order valence-corrected chi connectivity index (χ3v) is 6.81. The van der Waals surface area contributed by atoms with Gasteiger partial charge in [0.25, 0.3) is 20.2 Å². The number of benzene rings is 3. The molecule has 0 saturated carbocycles. The molecule has 208 valence electrons. The molecule has 0 aliphatic carbocycles. The maximum Gasteiger partial charge on any atom is 0.539 e. The highest BCUT2D eigenvalue weighted by atomic mass is 32.2. The van der Waals surface area contributed by atoms with Crippen molar-refractivity contribution in [2.45, 2.75) is 22.8 Å². The molecule has 0 saturated heterocycles. The average molecular weight is 599 g/mol.